The Bertz CT molecular complexity index is 1280. The molecule has 2 aliphatic rings. The average Bonchev–Trinajstić information content (AvgIpc) is 3.23. The van der Waals surface area contributed by atoms with Crippen molar-refractivity contribution in [1.29, 1.82) is 0 Å². The molecule has 5 nitrogen and oxygen atoms in total. The number of rotatable bonds is 5. The molecule has 6 heteroatoms. The number of phenolic OH excluding ortho intramolecular Hbond substituents is 1. The maximum Gasteiger partial charge on any atom is 0.234 e. The van der Waals surface area contributed by atoms with E-state index < -0.39 is 0 Å². The van der Waals surface area contributed by atoms with E-state index in [4.69, 9.17) is 11.6 Å². The van der Waals surface area contributed by atoms with Crippen molar-refractivity contribution in [2.45, 2.75) is 39.2 Å². The van der Waals surface area contributed by atoms with Gasteiger partial charge in [0, 0.05) is 48.4 Å². The van der Waals surface area contributed by atoms with Gasteiger partial charge >= 0.3 is 0 Å². The average molecular weight is 504 g/mol. The van der Waals surface area contributed by atoms with Crippen LogP contribution in [0.1, 0.15) is 45.3 Å². The lowest BCUT2D eigenvalue weighted by Crippen LogP contribution is -2.50. The molecule has 3 aromatic rings. The number of nitrogens with one attached hydrogen (secondary N) is 1. The van der Waals surface area contributed by atoms with Crippen LogP contribution < -0.4 is 10.2 Å². The first-order valence-electron chi connectivity index (χ1n) is 12.7. The molecule has 36 heavy (non-hydrogen) atoms. The Morgan fingerprint density at radius 2 is 1.72 bits per heavy atom. The highest BCUT2D eigenvalue weighted by atomic mass is 35.5. The zero-order chi connectivity index (χ0) is 25.4. The van der Waals surface area contributed by atoms with Crippen molar-refractivity contribution in [3.05, 3.63) is 93.0 Å². The Hall–Kier alpha value is -3.02. The lowest BCUT2D eigenvalue weighted by atomic mass is 9.88. The van der Waals surface area contributed by atoms with Crippen LogP contribution in [-0.2, 0) is 11.2 Å². The van der Waals surface area contributed by atoms with Crippen LogP contribution in [0.15, 0.2) is 54.6 Å². The number of aryl methyl sites for hydroxylation is 3. The monoisotopic (exact) mass is 503 g/mol. The number of fused-ring (bicyclic) bond motifs is 1. The molecule has 1 aliphatic heterocycles. The van der Waals surface area contributed by atoms with Gasteiger partial charge in [-0.2, -0.15) is 0 Å². The standard InChI is InChI=1S/C30H34ClN3O2/c1-19-7-4-5-10-24(19)26-17-25-20(2)15-21(3)30(36)28(25)29(26)32-27(35)18-33-11-13-34(14-12-33)23-9-6-8-22(31)16-23/h4-10,15-16,26,29,36H,11-14,17-18H2,1-3H3,(H,32,35). The molecule has 188 valence electrons. The Balaban J connectivity index is 1.32. The number of hydrogen-bond acceptors (Lipinski definition) is 4. The zero-order valence-electron chi connectivity index (χ0n) is 21.2. The zero-order valence-corrected chi connectivity index (χ0v) is 22.0. The van der Waals surface area contributed by atoms with Gasteiger partial charge in [-0.3, -0.25) is 9.69 Å². The quantitative estimate of drug-likeness (QED) is 0.496. The first-order chi connectivity index (χ1) is 17.3. The minimum Gasteiger partial charge on any atom is -0.507 e. The molecular weight excluding hydrogens is 470 g/mol. The van der Waals surface area contributed by atoms with Gasteiger partial charge in [0.25, 0.3) is 0 Å². The van der Waals surface area contributed by atoms with E-state index in [0.29, 0.717) is 12.3 Å². The molecule has 1 fully saturated rings. The molecule has 3 aromatic carbocycles. The van der Waals surface area contributed by atoms with E-state index in [9.17, 15) is 9.90 Å². The first-order valence-corrected chi connectivity index (χ1v) is 13.1. The smallest absolute Gasteiger partial charge is 0.234 e. The van der Waals surface area contributed by atoms with Gasteiger partial charge in [-0.1, -0.05) is 48.0 Å². The van der Waals surface area contributed by atoms with E-state index in [0.717, 1.165) is 60.0 Å². The summed E-state index contributed by atoms with van der Waals surface area (Å²) in [6.07, 6.45) is 0.809. The molecule has 2 N–H and O–H groups in total. The predicted molar refractivity (Wildman–Crippen MR) is 146 cm³/mol. The van der Waals surface area contributed by atoms with Gasteiger partial charge in [0.05, 0.1) is 12.6 Å². The number of hydrogen-bond donors (Lipinski definition) is 2. The molecule has 0 radical (unpaired) electrons. The summed E-state index contributed by atoms with van der Waals surface area (Å²) in [5.41, 5.74) is 7.63. The van der Waals surface area contributed by atoms with E-state index in [2.05, 4.69) is 53.2 Å². The molecule has 0 spiro atoms. The van der Waals surface area contributed by atoms with Crippen LogP contribution in [0.5, 0.6) is 5.75 Å². The van der Waals surface area contributed by atoms with Gasteiger partial charge in [-0.15, -0.1) is 0 Å². The van der Waals surface area contributed by atoms with Crippen LogP contribution in [0.2, 0.25) is 5.02 Å². The Kier molecular flexibility index (Phi) is 6.96. The molecule has 5 rings (SSSR count). The summed E-state index contributed by atoms with van der Waals surface area (Å²) >= 11 is 6.17. The third kappa shape index (κ3) is 4.82. The fourth-order valence-corrected chi connectivity index (χ4v) is 6.10. The molecular formula is C30H34ClN3O2. The number of benzene rings is 3. The summed E-state index contributed by atoms with van der Waals surface area (Å²) in [6, 6.07) is 18.1. The number of carbonyl (C=O) groups excluding carboxylic acids is 1. The molecule has 1 amide bonds. The predicted octanol–water partition coefficient (Wildman–Crippen LogP) is 5.29. The van der Waals surface area contributed by atoms with E-state index >= 15 is 0 Å². The van der Waals surface area contributed by atoms with Crippen molar-refractivity contribution in [2.75, 3.05) is 37.6 Å². The maximum absolute atomic E-state index is 13.4. The van der Waals surface area contributed by atoms with E-state index in [1.807, 2.05) is 37.3 Å². The SMILES string of the molecule is Cc1ccccc1C1Cc2c(C)cc(C)c(O)c2C1NC(=O)CN1CCN(c2cccc(Cl)c2)CC1. The largest absolute Gasteiger partial charge is 0.507 e. The third-order valence-corrected chi connectivity index (χ3v) is 8.05. The fraction of sp³-hybridized carbons (Fsp3) is 0.367. The summed E-state index contributed by atoms with van der Waals surface area (Å²) in [5.74, 6) is 0.407. The minimum absolute atomic E-state index is 0.00111. The summed E-state index contributed by atoms with van der Waals surface area (Å²) in [7, 11) is 0. The number of nitrogens with zero attached hydrogens (tertiary/aromatic N) is 2. The highest BCUT2D eigenvalue weighted by molar-refractivity contribution is 6.30. The number of aromatic hydroxyl groups is 1. The molecule has 1 aliphatic carbocycles. The second-order valence-corrected chi connectivity index (χ2v) is 10.6. The number of piperazine rings is 1. The summed E-state index contributed by atoms with van der Waals surface area (Å²) in [6.45, 7) is 9.83. The normalized spacial score (nSPS) is 19.8. The Morgan fingerprint density at radius 1 is 0.972 bits per heavy atom. The van der Waals surface area contributed by atoms with Crippen LogP contribution in [0.25, 0.3) is 0 Å². The van der Waals surface area contributed by atoms with Crippen molar-refractivity contribution in [3.63, 3.8) is 0 Å². The Labute approximate surface area is 218 Å². The van der Waals surface area contributed by atoms with Gasteiger partial charge in [0.15, 0.2) is 0 Å². The third-order valence-electron chi connectivity index (χ3n) is 7.82. The summed E-state index contributed by atoms with van der Waals surface area (Å²) in [5, 5.41) is 15.1. The lowest BCUT2D eigenvalue weighted by molar-refractivity contribution is -0.123. The van der Waals surface area contributed by atoms with E-state index in [1.54, 1.807) is 0 Å². The van der Waals surface area contributed by atoms with Gasteiger partial charge in [-0.25, -0.2) is 0 Å². The first kappa shape index (κ1) is 24.7. The van der Waals surface area contributed by atoms with Crippen LogP contribution >= 0.6 is 11.6 Å². The van der Waals surface area contributed by atoms with Crippen LogP contribution in [0, 0.1) is 20.8 Å². The van der Waals surface area contributed by atoms with Crippen molar-refractivity contribution in [2.24, 2.45) is 0 Å². The van der Waals surface area contributed by atoms with E-state index in [-0.39, 0.29) is 17.9 Å². The Morgan fingerprint density at radius 3 is 2.44 bits per heavy atom. The maximum atomic E-state index is 13.4. The number of halogens is 1. The second kappa shape index (κ2) is 10.2. The number of carbonyl (C=O) groups is 1. The van der Waals surface area contributed by atoms with Crippen molar-refractivity contribution >= 4 is 23.2 Å². The summed E-state index contributed by atoms with van der Waals surface area (Å²) < 4.78 is 0. The molecule has 0 bridgehead atoms. The molecule has 1 saturated heterocycles. The minimum atomic E-state index is -0.250. The highest BCUT2D eigenvalue weighted by Crippen LogP contribution is 2.49. The van der Waals surface area contributed by atoms with Gasteiger partial charge < -0.3 is 15.3 Å². The number of amides is 1. The van der Waals surface area contributed by atoms with Crippen LogP contribution in [-0.4, -0.2) is 48.6 Å². The molecule has 2 unspecified atom stereocenters. The molecule has 2 atom stereocenters. The van der Waals surface area contributed by atoms with Gasteiger partial charge in [0.2, 0.25) is 5.91 Å². The highest BCUT2D eigenvalue weighted by Gasteiger charge is 2.39. The molecule has 1 heterocycles. The fourth-order valence-electron chi connectivity index (χ4n) is 5.92. The lowest BCUT2D eigenvalue weighted by Gasteiger charge is -2.36. The van der Waals surface area contributed by atoms with Crippen molar-refractivity contribution in [1.82, 2.24) is 10.2 Å². The van der Waals surface area contributed by atoms with Crippen molar-refractivity contribution in [3.8, 4) is 5.75 Å². The number of phenols is 1. The number of anilines is 1. The van der Waals surface area contributed by atoms with Gasteiger partial charge in [0.1, 0.15) is 5.75 Å². The summed E-state index contributed by atoms with van der Waals surface area (Å²) in [4.78, 5) is 17.9. The van der Waals surface area contributed by atoms with Crippen molar-refractivity contribution < 1.29 is 9.90 Å². The van der Waals surface area contributed by atoms with Gasteiger partial charge in [-0.05, 0) is 73.2 Å². The van der Waals surface area contributed by atoms with E-state index in [1.165, 1.54) is 16.7 Å². The molecule has 0 saturated carbocycles. The second-order valence-electron chi connectivity index (χ2n) is 10.2. The molecule has 0 aromatic heterocycles. The topological polar surface area (TPSA) is 55.8 Å². The van der Waals surface area contributed by atoms with Crippen LogP contribution in [0.3, 0.4) is 0 Å². The van der Waals surface area contributed by atoms with Crippen LogP contribution in [0.4, 0.5) is 5.69 Å².